The van der Waals surface area contributed by atoms with Gasteiger partial charge < -0.3 is 24.8 Å². The Hall–Kier alpha value is -3.08. The highest BCUT2D eigenvalue weighted by Crippen LogP contribution is 2.30. The van der Waals surface area contributed by atoms with Gasteiger partial charge in [0.15, 0.2) is 11.0 Å². The first-order valence-corrected chi connectivity index (χ1v) is 12.1. The first kappa shape index (κ1) is 24.1. The largest absolute Gasteiger partial charge is 0.378 e. The van der Waals surface area contributed by atoms with Crippen molar-refractivity contribution < 1.29 is 14.3 Å². The molecule has 1 aliphatic heterocycles. The number of thioether (sulfide) groups is 1. The van der Waals surface area contributed by atoms with E-state index < -0.39 is 0 Å². The predicted molar refractivity (Wildman–Crippen MR) is 135 cm³/mol. The number of nitrogens with zero attached hydrogens (tertiary/aromatic N) is 4. The summed E-state index contributed by atoms with van der Waals surface area (Å²) in [6.45, 7) is 4.41. The summed E-state index contributed by atoms with van der Waals surface area (Å²) in [5.41, 5.74) is 3.15. The number of aromatic nitrogens is 3. The predicted octanol–water partition coefficient (Wildman–Crippen LogP) is 3.66. The van der Waals surface area contributed by atoms with Crippen LogP contribution in [-0.2, 0) is 21.4 Å². The van der Waals surface area contributed by atoms with Crippen LogP contribution in [0.2, 0.25) is 5.02 Å². The number of carbonyl (C=O) groups excluding carboxylic acids is 2. The summed E-state index contributed by atoms with van der Waals surface area (Å²) in [6.07, 6.45) is 0. The molecule has 0 atom stereocenters. The molecule has 1 aliphatic rings. The molecule has 0 aliphatic carbocycles. The Morgan fingerprint density at radius 1 is 1.06 bits per heavy atom. The molecule has 34 heavy (non-hydrogen) atoms. The lowest BCUT2D eigenvalue weighted by atomic mass is 10.2. The lowest BCUT2D eigenvalue weighted by molar-refractivity contribution is -0.114. The Bertz CT molecular complexity index is 1180. The molecule has 3 aromatic rings. The van der Waals surface area contributed by atoms with Gasteiger partial charge in [0.2, 0.25) is 11.8 Å². The Balaban J connectivity index is 1.34. The average Bonchev–Trinajstić information content (AvgIpc) is 3.19. The van der Waals surface area contributed by atoms with Crippen LogP contribution >= 0.6 is 23.4 Å². The maximum atomic E-state index is 12.5. The molecule has 2 heterocycles. The van der Waals surface area contributed by atoms with Crippen LogP contribution in [0.3, 0.4) is 0 Å². The van der Waals surface area contributed by atoms with Crippen molar-refractivity contribution in [3.63, 3.8) is 0 Å². The quantitative estimate of drug-likeness (QED) is 0.477. The molecule has 2 N–H and O–H groups in total. The van der Waals surface area contributed by atoms with E-state index in [9.17, 15) is 9.59 Å². The number of hydrogen-bond acceptors (Lipinski definition) is 7. The van der Waals surface area contributed by atoms with Gasteiger partial charge in [-0.15, -0.1) is 10.2 Å². The summed E-state index contributed by atoms with van der Waals surface area (Å²) in [4.78, 5) is 25.9. The van der Waals surface area contributed by atoms with Crippen molar-refractivity contribution in [2.45, 2.75) is 12.1 Å². The lowest BCUT2D eigenvalue weighted by Gasteiger charge is -2.29. The zero-order valence-electron chi connectivity index (χ0n) is 18.9. The number of morpholine rings is 1. The van der Waals surface area contributed by atoms with Crippen molar-refractivity contribution in [1.29, 1.82) is 0 Å². The molecular weight excluding hydrogens is 476 g/mol. The van der Waals surface area contributed by atoms with Crippen molar-refractivity contribution in [2.24, 2.45) is 7.05 Å². The number of nitrogens with one attached hydrogen (secondary N) is 2. The number of rotatable bonds is 7. The fourth-order valence-electron chi connectivity index (χ4n) is 3.57. The van der Waals surface area contributed by atoms with Gasteiger partial charge in [-0.1, -0.05) is 23.4 Å². The highest BCUT2D eigenvalue weighted by atomic mass is 35.5. The molecule has 1 fully saturated rings. The Morgan fingerprint density at radius 2 is 1.76 bits per heavy atom. The van der Waals surface area contributed by atoms with E-state index >= 15 is 0 Å². The lowest BCUT2D eigenvalue weighted by Crippen LogP contribution is -2.36. The summed E-state index contributed by atoms with van der Waals surface area (Å²) in [5.74, 6) is 0.557. The number of ether oxygens (including phenoxy) is 1. The van der Waals surface area contributed by atoms with Gasteiger partial charge in [-0.2, -0.15) is 0 Å². The van der Waals surface area contributed by atoms with Gasteiger partial charge in [-0.3, -0.25) is 9.59 Å². The summed E-state index contributed by atoms with van der Waals surface area (Å²) >= 11 is 7.75. The van der Waals surface area contributed by atoms with E-state index in [0.29, 0.717) is 40.6 Å². The minimum absolute atomic E-state index is 0.126. The van der Waals surface area contributed by atoms with E-state index in [-0.39, 0.29) is 17.6 Å². The second-order valence-corrected chi connectivity index (χ2v) is 9.08. The van der Waals surface area contributed by atoms with Gasteiger partial charge in [-0.05, 0) is 42.5 Å². The number of benzene rings is 2. The smallest absolute Gasteiger partial charge is 0.234 e. The third kappa shape index (κ3) is 5.88. The van der Waals surface area contributed by atoms with Crippen molar-refractivity contribution >= 4 is 52.2 Å². The van der Waals surface area contributed by atoms with Crippen molar-refractivity contribution in [2.75, 3.05) is 47.6 Å². The topological polar surface area (TPSA) is 101 Å². The van der Waals surface area contributed by atoms with Crippen LogP contribution in [0.1, 0.15) is 6.92 Å². The van der Waals surface area contributed by atoms with Crippen LogP contribution in [0.4, 0.5) is 17.1 Å². The molecule has 11 heteroatoms. The molecule has 0 spiro atoms. The molecule has 0 saturated carbocycles. The van der Waals surface area contributed by atoms with Crippen LogP contribution in [-0.4, -0.2) is 58.6 Å². The minimum Gasteiger partial charge on any atom is -0.378 e. The highest BCUT2D eigenvalue weighted by Gasteiger charge is 2.16. The van der Waals surface area contributed by atoms with Crippen LogP contribution in [0.15, 0.2) is 47.6 Å². The number of amides is 2. The first-order chi connectivity index (χ1) is 16.4. The SMILES string of the molecule is CC(=O)Nc1ccc(-c2nnc(SCC(=O)Nc3ccc(N4CCOCC4)c(Cl)c3)n2C)cc1. The van der Waals surface area contributed by atoms with E-state index in [1.165, 1.54) is 18.7 Å². The van der Waals surface area contributed by atoms with Crippen LogP contribution < -0.4 is 15.5 Å². The molecule has 1 saturated heterocycles. The van der Waals surface area contributed by atoms with Crippen LogP contribution in [0.25, 0.3) is 11.4 Å². The second-order valence-electron chi connectivity index (χ2n) is 7.73. The highest BCUT2D eigenvalue weighted by molar-refractivity contribution is 7.99. The summed E-state index contributed by atoms with van der Waals surface area (Å²) in [7, 11) is 1.85. The molecule has 9 nitrogen and oxygen atoms in total. The van der Waals surface area contributed by atoms with Crippen molar-refractivity contribution in [3.05, 3.63) is 47.5 Å². The van der Waals surface area contributed by atoms with Gasteiger partial charge in [0.05, 0.1) is 29.7 Å². The molecule has 178 valence electrons. The van der Waals surface area contributed by atoms with E-state index in [1.807, 2.05) is 35.9 Å². The summed E-state index contributed by atoms with van der Waals surface area (Å²) in [6, 6.07) is 12.9. The molecular formula is C23H25ClN6O3S. The number of anilines is 3. The van der Waals surface area contributed by atoms with Crippen LogP contribution in [0, 0.1) is 0 Å². The maximum Gasteiger partial charge on any atom is 0.234 e. The third-order valence-electron chi connectivity index (χ3n) is 5.21. The van der Waals surface area contributed by atoms with Gasteiger partial charge in [0.25, 0.3) is 0 Å². The van der Waals surface area contributed by atoms with Crippen molar-refractivity contribution in [1.82, 2.24) is 14.8 Å². The van der Waals surface area contributed by atoms with E-state index in [2.05, 4.69) is 25.7 Å². The van der Waals surface area contributed by atoms with Crippen LogP contribution in [0.5, 0.6) is 0 Å². The van der Waals surface area contributed by atoms with E-state index in [4.69, 9.17) is 16.3 Å². The maximum absolute atomic E-state index is 12.5. The van der Waals surface area contributed by atoms with E-state index in [0.717, 1.165) is 24.3 Å². The molecule has 0 radical (unpaired) electrons. The fraction of sp³-hybridized carbons (Fsp3) is 0.304. The average molecular weight is 501 g/mol. The molecule has 2 amide bonds. The minimum atomic E-state index is -0.163. The number of carbonyl (C=O) groups is 2. The van der Waals surface area contributed by atoms with Gasteiger partial charge >= 0.3 is 0 Å². The Labute approximate surface area is 206 Å². The summed E-state index contributed by atoms with van der Waals surface area (Å²) < 4.78 is 7.22. The second kappa shape index (κ2) is 10.9. The Kier molecular flexibility index (Phi) is 7.71. The zero-order valence-corrected chi connectivity index (χ0v) is 20.4. The number of halogens is 1. The normalized spacial score (nSPS) is 13.6. The first-order valence-electron chi connectivity index (χ1n) is 10.7. The summed E-state index contributed by atoms with van der Waals surface area (Å²) in [5, 5.41) is 15.3. The van der Waals surface area contributed by atoms with E-state index in [1.54, 1.807) is 18.2 Å². The third-order valence-corrected chi connectivity index (χ3v) is 6.54. The van der Waals surface area contributed by atoms with Crippen molar-refractivity contribution in [3.8, 4) is 11.4 Å². The zero-order chi connectivity index (χ0) is 24.1. The van der Waals surface area contributed by atoms with Gasteiger partial charge in [0, 0.05) is 44.0 Å². The fourth-order valence-corrected chi connectivity index (χ4v) is 4.58. The standard InChI is InChI=1S/C23H25ClN6O3S/c1-15(31)25-17-5-3-16(4-6-17)22-27-28-23(29(22)2)34-14-21(32)26-18-7-8-20(19(24)13-18)30-9-11-33-12-10-30/h3-8,13H,9-12,14H2,1-2H3,(H,25,31)(H,26,32). The number of hydrogen-bond donors (Lipinski definition) is 2. The molecule has 0 unspecified atom stereocenters. The molecule has 1 aromatic heterocycles. The Morgan fingerprint density at radius 3 is 2.44 bits per heavy atom. The molecule has 0 bridgehead atoms. The monoisotopic (exact) mass is 500 g/mol. The van der Waals surface area contributed by atoms with Gasteiger partial charge in [0.1, 0.15) is 0 Å². The molecule has 4 rings (SSSR count). The molecule has 2 aromatic carbocycles. The van der Waals surface area contributed by atoms with Gasteiger partial charge in [-0.25, -0.2) is 0 Å².